The van der Waals surface area contributed by atoms with Gasteiger partial charge in [0, 0.05) is 37.0 Å². The van der Waals surface area contributed by atoms with Gasteiger partial charge in [0.05, 0.1) is 0 Å². The van der Waals surface area contributed by atoms with Gasteiger partial charge in [-0.15, -0.1) is 0 Å². The minimum atomic E-state index is 0.514. The van der Waals surface area contributed by atoms with Crippen LogP contribution in [0.5, 0.6) is 0 Å². The van der Waals surface area contributed by atoms with E-state index >= 15 is 0 Å². The predicted octanol–water partition coefficient (Wildman–Crippen LogP) is 2.35. The normalized spacial score (nSPS) is 30.8. The van der Waals surface area contributed by atoms with E-state index in [4.69, 9.17) is 0 Å². The second-order valence-corrected chi connectivity index (χ2v) is 6.49. The van der Waals surface area contributed by atoms with Gasteiger partial charge < -0.3 is 5.32 Å². The average molecular weight is 242 g/mol. The van der Waals surface area contributed by atoms with E-state index in [2.05, 4.69) is 23.4 Å². The zero-order chi connectivity index (χ0) is 11.4. The van der Waals surface area contributed by atoms with E-state index in [0.29, 0.717) is 11.6 Å². The first-order chi connectivity index (χ1) is 7.77. The number of nitrogens with zero attached hydrogens (tertiary/aromatic N) is 1. The van der Waals surface area contributed by atoms with E-state index < -0.39 is 0 Å². The number of hydrogen-bond donors (Lipinski definition) is 1. The fraction of sp³-hybridized carbons (Fsp3) is 1.00. The van der Waals surface area contributed by atoms with E-state index in [0.717, 1.165) is 0 Å². The highest BCUT2D eigenvalue weighted by molar-refractivity contribution is 7.98. The molecule has 94 valence electrons. The van der Waals surface area contributed by atoms with Crippen molar-refractivity contribution in [1.29, 1.82) is 0 Å². The zero-order valence-electron chi connectivity index (χ0n) is 10.8. The average Bonchev–Trinajstić information content (AvgIpc) is 2.32. The molecule has 0 bridgehead atoms. The van der Waals surface area contributed by atoms with Crippen molar-refractivity contribution in [2.75, 3.05) is 31.6 Å². The molecule has 3 heteroatoms. The van der Waals surface area contributed by atoms with Crippen LogP contribution >= 0.6 is 11.8 Å². The molecule has 1 saturated carbocycles. The van der Waals surface area contributed by atoms with Gasteiger partial charge in [-0.1, -0.05) is 19.3 Å². The summed E-state index contributed by atoms with van der Waals surface area (Å²) in [7, 11) is 0. The molecule has 0 aromatic heterocycles. The highest BCUT2D eigenvalue weighted by Gasteiger charge is 2.40. The maximum atomic E-state index is 3.70. The molecular weight excluding hydrogens is 216 g/mol. The molecule has 1 atom stereocenters. The summed E-state index contributed by atoms with van der Waals surface area (Å²) in [5, 5.41) is 3.70. The van der Waals surface area contributed by atoms with E-state index in [9.17, 15) is 0 Å². The molecule has 1 N–H and O–H groups in total. The molecule has 0 aromatic carbocycles. The Bertz CT molecular complexity index is 214. The van der Waals surface area contributed by atoms with Gasteiger partial charge in [0.1, 0.15) is 0 Å². The Balaban J connectivity index is 2.00. The van der Waals surface area contributed by atoms with Crippen LogP contribution in [0.3, 0.4) is 0 Å². The Morgan fingerprint density at radius 2 is 2.06 bits per heavy atom. The molecule has 0 amide bonds. The van der Waals surface area contributed by atoms with E-state index in [-0.39, 0.29) is 0 Å². The van der Waals surface area contributed by atoms with Crippen LogP contribution in [0.2, 0.25) is 0 Å². The third-order valence-electron chi connectivity index (χ3n) is 4.29. The first-order valence-corrected chi connectivity index (χ1v) is 8.14. The second kappa shape index (κ2) is 5.74. The fourth-order valence-corrected chi connectivity index (χ4v) is 3.70. The van der Waals surface area contributed by atoms with Crippen molar-refractivity contribution in [1.82, 2.24) is 10.2 Å². The molecule has 1 saturated heterocycles. The SMILES string of the molecule is CSCCN1CC(C)NCC12CCCCC2. The molecule has 16 heavy (non-hydrogen) atoms. The molecule has 1 spiro atoms. The van der Waals surface area contributed by atoms with Crippen LogP contribution in [0.15, 0.2) is 0 Å². The number of piperazine rings is 1. The van der Waals surface area contributed by atoms with Crippen molar-refractivity contribution in [2.24, 2.45) is 0 Å². The summed E-state index contributed by atoms with van der Waals surface area (Å²) in [6.07, 6.45) is 9.38. The summed E-state index contributed by atoms with van der Waals surface area (Å²) in [4.78, 5) is 2.80. The third-order valence-corrected chi connectivity index (χ3v) is 4.89. The number of rotatable bonds is 3. The molecule has 2 fully saturated rings. The highest BCUT2D eigenvalue weighted by Crippen LogP contribution is 2.35. The summed E-state index contributed by atoms with van der Waals surface area (Å²) in [6, 6.07) is 0.675. The Morgan fingerprint density at radius 3 is 2.75 bits per heavy atom. The summed E-state index contributed by atoms with van der Waals surface area (Å²) >= 11 is 1.98. The van der Waals surface area contributed by atoms with Crippen LogP contribution in [0.25, 0.3) is 0 Å². The zero-order valence-corrected chi connectivity index (χ0v) is 11.6. The van der Waals surface area contributed by atoms with Crippen LogP contribution in [0.1, 0.15) is 39.0 Å². The van der Waals surface area contributed by atoms with Crippen molar-refractivity contribution in [3.05, 3.63) is 0 Å². The lowest BCUT2D eigenvalue weighted by molar-refractivity contribution is 0.0181. The fourth-order valence-electron chi connectivity index (χ4n) is 3.30. The van der Waals surface area contributed by atoms with Gasteiger partial charge in [0.15, 0.2) is 0 Å². The van der Waals surface area contributed by atoms with Crippen LogP contribution < -0.4 is 5.32 Å². The molecule has 2 rings (SSSR count). The van der Waals surface area contributed by atoms with Crippen molar-refractivity contribution < 1.29 is 0 Å². The smallest absolute Gasteiger partial charge is 0.0335 e. The molecule has 1 unspecified atom stereocenters. The molecule has 1 aliphatic carbocycles. The van der Waals surface area contributed by atoms with Gasteiger partial charge in [-0.05, 0) is 26.0 Å². The molecule has 1 aliphatic heterocycles. The minimum Gasteiger partial charge on any atom is -0.311 e. The first-order valence-electron chi connectivity index (χ1n) is 6.74. The molecule has 0 aromatic rings. The monoisotopic (exact) mass is 242 g/mol. The van der Waals surface area contributed by atoms with Gasteiger partial charge in [-0.3, -0.25) is 4.90 Å². The third kappa shape index (κ3) is 2.74. The first kappa shape index (κ1) is 12.7. The van der Waals surface area contributed by atoms with Crippen molar-refractivity contribution in [3.8, 4) is 0 Å². The minimum absolute atomic E-state index is 0.514. The lowest BCUT2D eigenvalue weighted by Gasteiger charge is -2.51. The van der Waals surface area contributed by atoms with Gasteiger partial charge in [0.2, 0.25) is 0 Å². The summed E-state index contributed by atoms with van der Waals surface area (Å²) in [5.41, 5.74) is 0.514. The molecular formula is C13H26N2S. The largest absolute Gasteiger partial charge is 0.311 e. The maximum absolute atomic E-state index is 3.70. The Morgan fingerprint density at radius 1 is 1.31 bits per heavy atom. The number of nitrogens with one attached hydrogen (secondary N) is 1. The summed E-state index contributed by atoms with van der Waals surface area (Å²) in [6.45, 7) is 6.08. The van der Waals surface area contributed by atoms with Crippen molar-refractivity contribution in [2.45, 2.75) is 50.6 Å². The lowest BCUT2D eigenvalue weighted by atomic mass is 9.78. The predicted molar refractivity (Wildman–Crippen MR) is 73.2 cm³/mol. The number of thioether (sulfide) groups is 1. The second-order valence-electron chi connectivity index (χ2n) is 5.51. The van der Waals surface area contributed by atoms with Crippen LogP contribution in [-0.2, 0) is 0 Å². The van der Waals surface area contributed by atoms with E-state index in [1.807, 2.05) is 11.8 Å². The molecule has 2 aliphatic rings. The van der Waals surface area contributed by atoms with E-state index in [1.165, 1.54) is 57.5 Å². The van der Waals surface area contributed by atoms with E-state index in [1.54, 1.807) is 0 Å². The standard InChI is InChI=1S/C13H26N2S/c1-12-10-15(8-9-16-2)13(11-14-12)6-4-3-5-7-13/h12,14H,3-11H2,1-2H3. The Labute approximate surface area is 105 Å². The van der Waals surface area contributed by atoms with Gasteiger partial charge in [-0.2, -0.15) is 11.8 Å². The van der Waals surface area contributed by atoms with Crippen LogP contribution in [0, 0.1) is 0 Å². The van der Waals surface area contributed by atoms with Gasteiger partial charge >= 0.3 is 0 Å². The summed E-state index contributed by atoms with van der Waals surface area (Å²) < 4.78 is 0. The molecule has 1 heterocycles. The lowest BCUT2D eigenvalue weighted by Crippen LogP contribution is -2.64. The highest BCUT2D eigenvalue weighted by atomic mass is 32.2. The van der Waals surface area contributed by atoms with Crippen LogP contribution in [-0.4, -0.2) is 48.1 Å². The summed E-state index contributed by atoms with van der Waals surface area (Å²) in [5.74, 6) is 1.29. The molecule has 0 radical (unpaired) electrons. The van der Waals surface area contributed by atoms with Crippen LogP contribution in [0.4, 0.5) is 0 Å². The quantitative estimate of drug-likeness (QED) is 0.818. The molecule has 2 nitrogen and oxygen atoms in total. The maximum Gasteiger partial charge on any atom is 0.0335 e. The van der Waals surface area contributed by atoms with Gasteiger partial charge in [0.25, 0.3) is 0 Å². The van der Waals surface area contributed by atoms with Crippen molar-refractivity contribution in [3.63, 3.8) is 0 Å². The topological polar surface area (TPSA) is 15.3 Å². The Kier molecular flexibility index (Phi) is 4.57. The van der Waals surface area contributed by atoms with Gasteiger partial charge in [-0.25, -0.2) is 0 Å². The Hall–Kier alpha value is 0.270. The number of hydrogen-bond acceptors (Lipinski definition) is 3. The van der Waals surface area contributed by atoms with Crippen molar-refractivity contribution >= 4 is 11.8 Å².